The van der Waals surface area contributed by atoms with Crippen LogP contribution in [0.2, 0.25) is 5.02 Å². The first-order chi connectivity index (χ1) is 12.7. The fraction of sp³-hybridized carbons (Fsp3) is 0.158. The number of benzene rings is 2. The number of ether oxygens (including phenoxy) is 2. The standard InChI is InChI=1S/C19H18ClN3O3/c1-25-16-7-2-3-8-17(16)26-13-19(24)22-18-9-10-21-23(18)12-14-5-4-6-15(20)11-14/h2-11H,12-13H2,1H3,(H,22,24). The number of halogens is 1. The van der Waals surface area contributed by atoms with Gasteiger partial charge in [0.15, 0.2) is 18.1 Å². The van der Waals surface area contributed by atoms with Crippen molar-refractivity contribution in [2.24, 2.45) is 0 Å². The van der Waals surface area contributed by atoms with Crippen LogP contribution >= 0.6 is 11.6 Å². The molecule has 2 aromatic carbocycles. The minimum absolute atomic E-state index is 0.136. The summed E-state index contributed by atoms with van der Waals surface area (Å²) < 4.78 is 12.4. The summed E-state index contributed by atoms with van der Waals surface area (Å²) in [4.78, 5) is 12.2. The lowest BCUT2D eigenvalue weighted by atomic mass is 10.2. The zero-order chi connectivity index (χ0) is 18.4. The van der Waals surface area contributed by atoms with E-state index in [2.05, 4.69) is 10.4 Å². The number of nitrogens with one attached hydrogen (secondary N) is 1. The van der Waals surface area contributed by atoms with Gasteiger partial charge in [-0.25, -0.2) is 4.68 Å². The Hall–Kier alpha value is -2.99. The molecule has 1 heterocycles. The van der Waals surface area contributed by atoms with Crippen molar-refractivity contribution in [2.75, 3.05) is 19.0 Å². The van der Waals surface area contributed by atoms with Gasteiger partial charge in [0, 0.05) is 11.1 Å². The van der Waals surface area contributed by atoms with E-state index in [9.17, 15) is 4.79 Å². The summed E-state index contributed by atoms with van der Waals surface area (Å²) >= 11 is 6.01. The van der Waals surface area contributed by atoms with Crippen molar-refractivity contribution in [3.8, 4) is 11.5 Å². The molecule has 0 atom stereocenters. The molecule has 26 heavy (non-hydrogen) atoms. The number of para-hydroxylation sites is 2. The van der Waals surface area contributed by atoms with Gasteiger partial charge < -0.3 is 14.8 Å². The molecule has 0 fully saturated rings. The van der Waals surface area contributed by atoms with E-state index in [0.717, 1.165) is 5.56 Å². The van der Waals surface area contributed by atoms with Gasteiger partial charge in [0.2, 0.25) is 0 Å². The highest BCUT2D eigenvalue weighted by atomic mass is 35.5. The van der Waals surface area contributed by atoms with Crippen LogP contribution in [-0.4, -0.2) is 29.4 Å². The molecule has 134 valence electrons. The van der Waals surface area contributed by atoms with Crippen LogP contribution in [0, 0.1) is 0 Å². The first kappa shape index (κ1) is 17.8. The highest BCUT2D eigenvalue weighted by molar-refractivity contribution is 6.30. The van der Waals surface area contributed by atoms with Crippen molar-refractivity contribution >= 4 is 23.3 Å². The van der Waals surface area contributed by atoms with Gasteiger partial charge in [-0.05, 0) is 29.8 Å². The summed E-state index contributed by atoms with van der Waals surface area (Å²) in [6.45, 7) is 0.360. The molecular formula is C19H18ClN3O3. The van der Waals surface area contributed by atoms with Crippen LogP contribution in [0.4, 0.5) is 5.82 Å². The number of carbonyl (C=O) groups is 1. The number of methoxy groups -OCH3 is 1. The molecular weight excluding hydrogens is 354 g/mol. The molecule has 6 nitrogen and oxygen atoms in total. The smallest absolute Gasteiger partial charge is 0.263 e. The van der Waals surface area contributed by atoms with Gasteiger partial charge >= 0.3 is 0 Å². The molecule has 0 saturated heterocycles. The van der Waals surface area contributed by atoms with Gasteiger partial charge in [-0.2, -0.15) is 5.10 Å². The number of amides is 1. The third kappa shape index (κ3) is 4.55. The van der Waals surface area contributed by atoms with E-state index in [4.69, 9.17) is 21.1 Å². The third-order valence-corrected chi connectivity index (χ3v) is 3.87. The molecule has 0 unspecified atom stereocenters. The Labute approximate surface area is 156 Å². The van der Waals surface area contributed by atoms with E-state index in [1.54, 1.807) is 36.2 Å². The van der Waals surface area contributed by atoms with E-state index in [1.165, 1.54) is 0 Å². The zero-order valence-corrected chi connectivity index (χ0v) is 14.9. The van der Waals surface area contributed by atoms with Crippen LogP contribution in [0.25, 0.3) is 0 Å². The topological polar surface area (TPSA) is 65.4 Å². The van der Waals surface area contributed by atoms with Crippen molar-refractivity contribution in [3.63, 3.8) is 0 Å². The second-order valence-corrected chi connectivity index (χ2v) is 5.93. The minimum atomic E-state index is -0.288. The Morgan fingerprint density at radius 2 is 1.96 bits per heavy atom. The van der Waals surface area contributed by atoms with Crippen molar-refractivity contribution in [3.05, 3.63) is 71.4 Å². The number of carbonyl (C=O) groups excluding carboxylic acids is 1. The van der Waals surface area contributed by atoms with E-state index < -0.39 is 0 Å². The maximum atomic E-state index is 12.2. The Bertz CT molecular complexity index is 895. The van der Waals surface area contributed by atoms with Gasteiger partial charge in [0.05, 0.1) is 19.9 Å². The van der Waals surface area contributed by atoms with E-state index in [0.29, 0.717) is 28.9 Å². The quantitative estimate of drug-likeness (QED) is 0.689. The number of anilines is 1. The fourth-order valence-corrected chi connectivity index (χ4v) is 2.65. The molecule has 0 saturated carbocycles. The van der Waals surface area contributed by atoms with Crippen molar-refractivity contribution < 1.29 is 14.3 Å². The zero-order valence-electron chi connectivity index (χ0n) is 14.2. The van der Waals surface area contributed by atoms with Crippen LogP contribution in [0.3, 0.4) is 0 Å². The molecule has 3 rings (SSSR count). The molecule has 0 radical (unpaired) electrons. The van der Waals surface area contributed by atoms with Crippen molar-refractivity contribution in [2.45, 2.75) is 6.54 Å². The summed E-state index contributed by atoms with van der Waals surface area (Å²) in [6, 6.07) is 16.4. The molecule has 0 bridgehead atoms. The highest BCUT2D eigenvalue weighted by Crippen LogP contribution is 2.25. The van der Waals surface area contributed by atoms with Crippen LogP contribution < -0.4 is 14.8 Å². The van der Waals surface area contributed by atoms with Crippen LogP contribution in [0.5, 0.6) is 11.5 Å². The Morgan fingerprint density at radius 1 is 1.15 bits per heavy atom. The lowest BCUT2D eigenvalue weighted by molar-refractivity contribution is -0.118. The normalized spacial score (nSPS) is 10.4. The van der Waals surface area contributed by atoms with Crippen LogP contribution in [-0.2, 0) is 11.3 Å². The van der Waals surface area contributed by atoms with Gasteiger partial charge in [0.25, 0.3) is 5.91 Å². The highest BCUT2D eigenvalue weighted by Gasteiger charge is 2.10. The number of rotatable bonds is 7. The van der Waals surface area contributed by atoms with E-state index in [-0.39, 0.29) is 12.5 Å². The van der Waals surface area contributed by atoms with Crippen molar-refractivity contribution in [1.82, 2.24) is 9.78 Å². The second-order valence-electron chi connectivity index (χ2n) is 5.49. The molecule has 3 aromatic rings. The summed E-state index contributed by atoms with van der Waals surface area (Å²) in [7, 11) is 1.55. The average molecular weight is 372 g/mol. The Kier molecular flexibility index (Phi) is 5.76. The monoisotopic (exact) mass is 371 g/mol. The maximum Gasteiger partial charge on any atom is 0.263 e. The molecule has 1 aromatic heterocycles. The number of nitrogens with zero attached hydrogens (tertiary/aromatic N) is 2. The molecule has 0 aliphatic rings. The van der Waals surface area contributed by atoms with Crippen LogP contribution in [0.15, 0.2) is 60.8 Å². The summed E-state index contributed by atoms with van der Waals surface area (Å²) in [5, 5.41) is 7.69. The Balaban J connectivity index is 1.61. The Morgan fingerprint density at radius 3 is 2.73 bits per heavy atom. The molecule has 1 N–H and O–H groups in total. The summed E-state index contributed by atoms with van der Waals surface area (Å²) in [5.41, 5.74) is 0.988. The lowest BCUT2D eigenvalue weighted by Crippen LogP contribution is -2.22. The molecule has 0 spiro atoms. The molecule has 0 aliphatic carbocycles. The summed E-state index contributed by atoms with van der Waals surface area (Å²) in [5.74, 6) is 1.38. The fourth-order valence-electron chi connectivity index (χ4n) is 2.43. The van der Waals surface area contributed by atoms with E-state index in [1.807, 2.05) is 36.4 Å². The number of hydrogen-bond acceptors (Lipinski definition) is 4. The number of aromatic nitrogens is 2. The predicted octanol–water partition coefficient (Wildman–Crippen LogP) is 3.61. The minimum Gasteiger partial charge on any atom is -0.493 e. The number of hydrogen-bond donors (Lipinski definition) is 1. The summed E-state index contributed by atoms with van der Waals surface area (Å²) in [6.07, 6.45) is 1.63. The maximum absolute atomic E-state index is 12.2. The van der Waals surface area contributed by atoms with Crippen molar-refractivity contribution in [1.29, 1.82) is 0 Å². The average Bonchev–Trinajstić information content (AvgIpc) is 3.07. The third-order valence-electron chi connectivity index (χ3n) is 3.63. The molecule has 7 heteroatoms. The second kappa shape index (κ2) is 8.40. The molecule has 0 aliphatic heterocycles. The van der Waals surface area contributed by atoms with Gasteiger partial charge in [-0.1, -0.05) is 35.9 Å². The van der Waals surface area contributed by atoms with Crippen LogP contribution in [0.1, 0.15) is 5.56 Å². The van der Waals surface area contributed by atoms with Gasteiger partial charge in [-0.15, -0.1) is 0 Å². The van der Waals surface area contributed by atoms with E-state index >= 15 is 0 Å². The lowest BCUT2D eigenvalue weighted by Gasteiger charge is -2.12. The first-order valence-corrected chi connectivity index (χ1v) is 8.35. The largest absolute Gasteiger partial charge is 0.493 e. The SMILES string of the molecule is COc1ccccc1OCC(=O)Nc1ccnn1Cc1cccc(Cl)c1. The first-order valence-electron chi connectivity index (χ1n) is 7.97. The van der Waals surface area contributed by atoms with Gasteiger partial charge in [-0.3, -0.25) is 4.79 Å². The predicted molar refractivity (Wildman–Crippen MR) is 99.9 cm³/mol. The molecule has 1 amide bonds. The van der Waals surface area contributed by atoms with Gasteiger partial charge in [0.1, 0.15) is 5.82 Å².